The van der Waals surface area contributed by atoms with E-state index in [1.165, 1.54) is 6.07 Å². The average Bonchev–Trinajstić information content (AvgIpc) is 3.92. The zero-order valence-corrected chi connectivity index (χ0v) is 41.9. The second-order valence-electron chi connectivity index (χ2n) is 19.2. The maximum atomic E-state index is 15.3. The number of carbonyl (C=O) groups excluding carboxylic acids is 8. The summed E-state index contributed by atoms with van der Waals surface area (Å²) >= 11 is 4.15. The Balaban J connectivity index is 0.739. The number of nitrogens with one attached hydrogen (secondary N) is 5. The SMILES string of the molecule is Cc1c(F)cc2nc3c(c4c2c1CCC4COCNC(=O)CNC(=O)C(Cc1ccccc1)NC(=O)CNC(=O)CNC(=O)CCCc1ccc(N2C(=O)CC(S)C2=O)cc1)Cn1c-3cc2c(c1=O)CCC(=O)C2O. The van der Waals surface area contributed by atoms with Crippen LogP contribution in [0.3, 0.4) is 0 Å². The third-order valence-electron chi connectivity index (χ3n) is 14.2. The molecule has 4 heterocycles. The van der Waals surface area contributed by atoms with Crippen LogP contribution in [0.1, 0.15) is 88.6 Å². The summed E-state index contributed by atoms with van der Waals surface area (Å²) in [6, 6.07) is 17.7. The van der Waals surface area contributed by atoms with Gasteiger partial charge in [-0.3, -0.25) is 43.2 Å². The Bertz CT molecular complexity index is 3220. The molecule has 6 N–H and O–H groups in total. The number of hydrogen-bond donors (Lipinski definition) is 7. The second-order valence-corrected chi connectivity index (χ2v) is 19.8. The van der Waals surface area contributed by atoms with Gasteiger partial charge in [-0.25, -0.2) is 14.3 Å². The summed E-state index contributed by atoms with van der Waals surface area (Å²) in [5.41, 5.74) is 6.71. The predicted molar refractivity (Wildman–Crippen MR) is 274 cm³/mol. The summed E-state index contributed by atoms with van der Waals surface area (Å²) in [6.45, 7) is 0.492. The molecule has 21 heteroatoms. The fourth-order valence-electron chi connectivity index (χ4n) is 10.3. The van der Waals surface area contributed by atoms with Crippen molar-refractivity contribution in [2.45, 2.75) is 94.6 Å². The lowest BCUT2D eigenvalue weighted by molar-refractivity contribution is -0.131. The minimum atomic E-state index is -1.42. The highest BCUT2D eigenvalue weighted by atomic mass is 32.1. The van der Waals surface area contributed by atoms with Crippen LogP contribution >= 0.6 is 12.6 Å². The first-order valence-electron chi connectivity index (χ1n) is 24.8. The van der Waals surface area contributed by atoms with E-state index in [9.17, 15) is 48.3 Å². The smallest absolute Gasteiger partial charge is 0.254 e. The van der Waals surface area contributed by atoms with Crippen LogP contribution in [-0.4, -0.2) is 106 Å². The van der Waals surface area contributed by atoms with Crippen molar-refractivity contribution in [1.82, 2.24) is 36.1 Å². The third-order valence-corrected chi connectivity index (χ3v) is 14.6. The molecule has 4 aliphatic rings. The lowest BCUT2D eigenvalue weighted by Gasteiger charge is -2.29. The zero-order valence-electron chi connectivity index (χ0n) is 41.0. The number of benzene rings is 3. The van der Waals surface area contributed by atoms with E-state index in [0.717, 1.165) is 38.1 Å². The van der Waals surface area contributed by atoms with Crippen LogP contribution in [0.25, 0.3) is 22.3 Å². The quantitative estimate of drug-likeness (QED) is 0.0267. The Hall–Kier alpha value is -7.62. The molecule has 0 spiro atoms. The second kappa shape index (κ2) is 22.5. The normalized spacial score (nSPS) is 17.7. The lowest BCUT2D eigenvalue weighted by Crippen LogP contribution is -2.52. The van der Waals surface area contributed by atoms with E-state index < -0.39 is 66.5 Å². The largest absolute Gasteiger partial charge is 0.381 e. The summed E-state index contributed by atoms with van der Waals surface area (Å²) < 4.78 is 22.9. The summed E-state index contributed by atoms with van der Waals surface area (Å²) in [5.74, 6) is -4.63. The van der Waals surface area contributed by atoms with Crippen molar-refractivity contribution in [2.75, 3.05) is 37.9 Å². The van der Waals surface area contributed by atoms with E-state index in [2.05, 4.69) is 39.2 Å². The number of rotatable bonds is 19. The molecular formula is C54H55FN8O11S. The molecule has 75 heavy (non-hydrogen) atoms. The molecule has 2 aliphatic heterocycles. The first-order chi connectivity index (χ1) is 36.1. The van der Waals surface area contributed by atoms with Gasteiger partial charge in [0.2, 0.25) is 41.4 Å². The van der Waals surface area contributed by atoms with Crippen LogP contribution in [0.4, 0.5) is 10.1 Å². The number of aromatic nitrogens is 2. The van der Waals surface area contributed by atoms with Crippen molar-refractivity contribution in [3.63, 3.8) is 0 Å². The van der Waals surface area contributed by atoms with Crippen LogP contribution in [0.5, 0.6) is 0 Å². The molecule has 2 aliphatic carbocycles. The number of amides is 7. The lowest BCUT2D eigenvalue weighted by atomic mass is 9.78. The minimum absolute atomic E-state index is 0.0437. The van der Waals surface area contributed by atoms with Gasteiger partial charge in [-0.15, -0.1) is 0 Å². The molecule has 2 aromatic heterocycles. The van der Waals surface area contributed by atoms with Crippen molar-refractivity contribution < 1.29 is 52.6 Å². The van der Waals surface area contributed by atoms with E-state index in [0.29, 0.717) is 59.4 Å². The monoisotopic (exact) mass is 1040 g/mol. The highest BCUT2D eigenvalue weighted by Gasteiger charge is 2.39. The number of ether oxygens (including phenoxy) is 1. The fraction of sp³-hybridized carbons (Fsp3) is 0.370. The Kier molecular flexibility index (Phi) is 15.7. The van der Waals surface area contributed by atoms with Gasteiger partial charge in [0.1, 0.15) is 24.7 Å². The molecule has 1 fully saturated rings. The third kappa shape index (κ3) is 11.3. The summed E-state index contributed by atoms with van der Waals surface area (Å²) in [4.78, 5) is 121. The number of hydrogen-bond acceptors (Lipinski definition) is 13. The molecule has 3 aromatic carbocycles. The molecule has 0 bridgehead atoms. The van der Waals surface area contributed by atoms with Crippen LogP contribution in [-0.2, 0) is 75.3 Å². The standard InChI is InChI=1S/C54H55FN8O11S/c1-28-33-15-12-31(48-36-25-62-40(50(36)61-38(49(33)48)20-37(28)55)19-35-34(53(62)72)16-17-41(64)51(35)70)26-74-27-59-45(67)23-58-52(71)39(18-30-6-3-2-4-7-30)60-46(68)24-57-44(66)22-56-43(65)9-5-8-29-10-13-32(14-11-29)63-47(69)21-42(75)54(63)73/h2-4,6-7,10-11,13-14,19-20,31,39,42,51,70,75H,5,8-9,12,15-18,21-27H2,1H3,(H,56,65)(H,57,66)(H,58,71)(H,59,67)(H,60,68). The minimum Gasteiger partial charge on any atom is -0.381 e. The molecule has 1 saturated heterocycles. The Morgan fingerprint density at radius 3 is 2.31 bits per heavy atom. The predicted octanol–water partition coefficient (Wildman–Crippen LogP) is 2.20. The number of anilines is 1. The first kappa shape index (κ1) is 52.3. The van der Waals surface area contributed by atoms with E-state index in [1.54, 1.807) is 72.2 Å². The molecular weight excluding hydrogens is 988 g/mol. The van der Waals surface area contributed by atoms with Crippen LogP contribution in [0.15, 0.2) is 71.5 Å². The van der Waals surface area contributed by atoms with Gasteiger partial charge in [-0.2, -0.15) is 12.6 Å². The summed E-state index contributed by atoms with van der Waals surface area (Å²) in [6.07, 6.45) is 1.19. The molecule has 7 amide bonds. The van der Waals surface area contributed by atoms with Gasteiger partial charge in [0, 0.05) is 54.2 Å². The van der Waals surface area contributed by atoms with Gasteiger partial charge in [0.05, 0.1) is 60.6 Å². The van der Waals surface area contributed by atoms with Crippen LogP contribution in [0, 0.1) is 12.7 Å². The van der Waals surface area contributed by atoms with Gasteiger partial charge in [-0.1, -0.05) is 42.5 Å². The van der Waals surface area contributed by atoms with Crippen molar-refractivity contribution in [2.24, 2.45) is 0 Å². The number of aryl methyl sites for hydroxylation is 2. The summed E-state index contributed by atoms with van der Waals surface area (Å²) in [5, 5.41) is 23.6. The van der Waals surface area contributed by atoms with Gasteiger partial charge in [0.25, 0.3) is 5.56 Å². The van der Waals surface area contributed by atoms with E-state index in [4.69, 9.17) is 9.72 Å². The van der Waals surface area contributed by atoms with Crippen molar-refractivity contribution >= 4 is 76.4 Å². The van der Waals surface area contributed by atoms with Gasteiger partial charge in [0.15, 0.2) is 5.78 Å². The van der Waals surface area contributed by atoms with E-state index in [1.807, 2.05) is 0 Å². The van der Waals surface area contributed by atoms with Crippen LogP contribution in [0.2, 0.25) is 0 Å². The van der Waals surface area contributed by atoms with Crippen molar-refractivity contribution in [3.05, 3.63) is 127 Å². The number of fused-ring (bicyclic) bond motifs is 5. The molecule has 390 valence electrons. The molecule has 19 nitrogen and oxygen atoms in total. The Morgan fingerprint density at radius 2 is 1.56 bits per heavy atom. The highest BCUT2D eigenvalue weighted by Crippen LogP contribution is 2.46. The van der Waals surface area contributed by atoms with Gasteiger partial charge >= 0.3 is 0 Å². The van der Waals surface area contributed by atoms with Crippen LogP contribution < -0.4 is 37.0 Å². The number of nitrogens with zero attached hydrogens (tertiary/aromatic N) is 3. The number of carbonyl (C=O) groups is 8. The molecule has 0 saturated carbocycles. The van der Waals surface area contributed by atoms with Crippen molar-refractivity contribution in [3.8, 4) is 11.4 Å². The number of halogens is 1. The van der Waals surface area contributed by atoms with Gasteiger partial charge < -0.3 is 41.0 Å². The van der Waals surface area contributed by atoms with Gasteiger partial charge in [-0.05, 0) is 90.6 Å². The summed E-state index contributed by atoms with van der Waals surface area (Å²) in [7, 11) is 0. The maximum Gasteiger partial charge on any atom is 0.254 e. The number of aliphatic hydroxyl groups is 1. The van der Waals surface area contributed by atoms with E-state index in [-0.39, 0.29) is 92.5 Å². The molecule has 9 rings (SSSR count). The Labute approximate surface area is 434 Å². The number of Topliss-reactive ketones (excluding diaryl/α,β-unsaturated/α-hetero) is 1. The number of imide groups is 1. The number of aliphatic hydroxyl groups excluding tert-OH is 1. The number of thiol groups is 1. The van der Waals surface area contributed by atoms with Crippen molar-refractivity contribution in [1.29, 1.82) is 0 Å². The Morgan fingerprint density at radius 1 is 0.840 bits per heavy atom. The highest BCUT2D eigenvalue weighted by molar-refractivity contribution is 7.82. The molecule has 4 atom stereocenters. The maximum absolute atomic E-state index is 15.3. The number of pyridine rings is 2. The molecule has 4 unspecified atom stereocenters. The topological polar surface area (TPSA) is 264 Å². The van der Waals surface area contributed by atoms with E-state index >= 15 is 4.39 Å². The number of ketones is 1. The molecule has 0 radical (unpaired) electrons. The first-order valence-corrected chi connectivity index (χ1v) is 25.3. The zero-order chi connectivity index (χ0) is 53.1. The average molecular weight is 1040 g/mol. The fourth-order valence-corrected chi connectivity index (χ4v) is 10.6. The molecule has 5 aromatic rings.